The van der Waals surface area contributed by atoms with Crippen LogP contribution in [0.15, 0.2) is 18.2 Å². The fourth-order valence-corrected chi connectivity index (χ4v) is 2.54. The molecule has 0 aliphatic rings. The summed E-state index contributed by atoms with van der Waals surface area (Å²) in [4.78, 5) is 24.7. The smallest absolute Gasteiger partial charge is 0.405 e. The van der Waals surface area contributed by atoms with Crippen LogP contribution in [0, 0.1) is 0 Å². The SMILES string of the molecule is CC(C)Oc1ccc(CC(NC(=O)O)C(=O)N(C)C)cc1C(C)(C)C. The van der Waals surface area contributed by atoms with Crippen molar-refractivity contribution in [3.05, 3.63) is 29.3 Å². The highest BCUT2D eigenvalue weighted by atomic mass is 16.5. The Kier molecular flexibility index (Phi) is 6.85. The van der Waals surface area contributed by atoms with Crippen LogP contribution in [0.4, 0.5) is 4.79 Å². The molecule has 0 heterocycles. The second kappa shape index (κ2) is 8.23. The predicted molar refractivity (Wildman–Crippen MR) is 98.3 cm³/mol. The van der Waals surface area contributed by atoms with E-state index in [2.05, 4.69) is 26.1 Å². The van der Waals surface area contributed by atoms with Crippen molar-refractivity contribution in [3.63, 3.8) is 0 Å². The topological polar surface area (TPSA) is 78.9 Å². The summed E-state index contributed by atoms with van der Waals surface area (Å²) >= 11 is 0. The van der Waals surface area contributed by atoms with Gasteiger partial charge in [0.15, 0.2) is 0 Å². The molecule has 6 nitrogen and oxygen atoms in total. The van der Waals surface area contributed by atoms with Gasteiger partial charge in [-0.2, -0.15) is 0 Å². The Morgan fingerprint density at radius 2 is 1.84 bits per heavy atom. The third-order valence-electron chi connectivity index (χ3n) is 3.69. The van der Waals surface area contributed by atoms with E-state index in [0.29, 0.717) is 0 Å². The first kappa shape index (κ1) is 20.8. The number of rotatable bonds is 6. The number of ether oxygens (including phenoxy) is 1. The zero-order valence-electron chi connectivity index (χ0n) is 16.2. The lowest BCUT2D eigenvalue weighted by Gasteiger charge is -2.26. The number of carbonyl (C=O) groups excluding carboxylic acids is 1. The van der Waals surface area contributed by atoms with E-state index in [-0.39, 0.29) is 23.8 Å². The summed E-state index contributed by atoms with van der Waals surface area (Å²) < 4.78 is 5.90. The van der Waals surface area contributed by atoms with Crippen LogP contribution in [0.1, 0.15) is 45.7 Å². The summed E-state index contributed by atoms with van der Waals surface area (Å²) in [5.41, 5.74) is 1.78. The Bertz CT molecular complexity index is 618. The van der Waals surface area contributed by atoms with Crippen LogP contribution in [0.25, 0.3) is 0 Å². The lowest BCUT2D eigenvalue weighted by atomic mass is 9.84. The van der Waals surface area contributed by atoms with E-state index >= 15 is 0 Å². The van der Waals surface area contributed by atoms with Crippen LogP contribution in [-0.4, -0.2) is 48.2 Å². The highest BCUT2D eigenvalue weighted by molar-refractivity contribution is 5.85. The number of amides is 2. The predicted octanol–water partition coefficient (Wildman–Crippen LogP) is 3.04. The molecule has 1 rings (SSSR count). The minimum atomic E-state index is -1.21. The fourth-order valence-electron chi connectivity index (χ4n) is 2.54. The Balaban J connectivity index is 3.18. The molecule has 0 spiro atoms. The average Bonchev–Trinajstić information content (AvgIpc) is 2.45. The van der Waals surface area contributed by atoms with E-state index in [1.54, 1.807) is 14.1 Å². The third-order valence-corrected chi connectivity index (χ3v) is 3.69. The van der Waals surface area contributed by atoms with Crippen molar-refractivity contribution in [2.75, 3.05) is 14.1 Å². The first-order valence-corrected chi connectivity index (χ1v) is 8.42. The van der Waals surface area contributed by atoms with E-state index in [1.807, 2.05) is 32.0 Å². The van der Waals surface area contributed by atoms with Crippen molar-refractivity contribution in [1.29, 1.82) is 0 Å². The van der Waals surface area contributed by atoms with Gasteiger partial charge in [-0.1, -0.05) is 32.9 Å². The van der Waals surface area contributed by atoms with Gasteiger partial charge in [-0.15, -0.1) is 0 Å². The molecule has 140 valence electrons. The molecule has 1 unspecified atom stereocenters. The number of nitrogens with one attached hydrogen (secondary N) is 1. The Hall–Kier alpha value is -2.24. The van der Waals surface area contributed by atoms with Gasteiger partial charge in [-0.25, -0.2) is 4.79 Å². The number of carboxylic acid groups (broad SMARTS) is 1. The highest BCUT2D eigenvalue weighted by Gasteiger charge is 2.25. The summed E-state index contributed by atoms with van der Waals surface area (Å²) in [5.74, 6) is 0.537. The zero-order valence-corrected chi connectivity index (χ0v) is 16.2. The maximum absolute atomic E-state index is 12.3. The van der Waals surface area contributed by atoms with Crippen molar-refractivity contribution in [1.82, 2.24) is 10.2 Å². The van der Waals surface area contributed by atoms with Crippen molar-refractivity contribution in [2.24, 2.45) is 0 Å². The molecular formula is C19H30N2O4. The van der Waals surface area contributed by atoms with E-state index in [4.69, 9.17) is 9.84 Å². The Morgan fingerprint density at radius 3 is 2.28 bits per heavy atom. The third kappa shape index (κ3) is 6.29. The molecule has 25 heavy (non-hydrogen) atoms. The number of carbonyl (C=O) groups is 2. The molecule has 0 fully saturated rings. The lowest BCUT2D eigenvalue weighted by molar-refractivity contribution is -0.130. The maximum atomic E-state index is 12.3. The molecule has 0 aliphatic carbocycles. The molecule has 1 aromatic rings. The number of hydrogen-bond acceptors (Lipinski definition) is 3. The van der Waals surface area contributed by atoms with E-state index in [9.17, 15) is 9.59 Å². The monoisotopic (exact) mass is 350 g/mol. The molecule has 0 aliphatic heterocycles. The van der Waals surface area contributed by atoms with Gasteiger partial charge in [-0.3, -0.25) is 4.79 Å². The van der Waals surface area contributed by atoms with Crippen LogP contribution < -0.4 is 10.1 Å². The van der Waals surface area contributed by atoms with Gasteiger partial charge >= 0.3 is 6.09 Å². The number of benzene rings is 1. The lowest BCUT2D eigenvalue weighted by Crippen LogP contribution is -2.47. The van der Waals surface area contributed by atoms with Crippen molar-refractivity contribution >= 4 is 12.0 Å². The number of hydrogen-bond donors (Lipinski definition) is 2. The first-order valence-electron chi connectivity index (χ1n) is 8.42. The molecular weight excluding hydrogens is 320 g/mol. The highest BCUT2D eigenvalue weighted by Crippen LogP contribution is 2.33. The van der Waals surface area contributed by atoms with Gasteiger partial charge in [0, 0.05) is 20.5 Å². The van der Waals surface area contributed by atoms with E-state index in [1.165, 1.54) is 4.90 Å². The Labute approximate surface area is 150 Å². The van der Waals surface area contributed by atoms with Gasteiger partial charge < -0.3 is 20.1 Å². The van der Waals surface area contributed by atoms with Crippen LogP contribution in [0.5, 0.6) is 5.75 Å². The van der Waals surface area contributed by atoms with Crippen molar-refractivity contribution in [3.8, 4) is 5.75 Å². The summed E-state index contributed by atoms with van der Waals surface area (Å²) in [7, 11) is 3.22. The maximum Gasteiger partial charge on any atom is 0.405 e. The molecule has 1 aromatic carbocycles. The van der Waals surface area contributed by atoms with E-state index < -0.39 is 12.1 Å². The van der Waals surface area contributed by atoms with Crippen LogP contribution in [0.3, 0.4) is 0 Å². The molecule has 0 saturated carbocycles. The molecule has 0 saturated heterocycles. The second-order valence-corrected chi connectivity index (χ2v) is 7.69. The molecule has 2 N–H and O–H groups in total. The second-order valence-electron chi connectivity index (χ2n) is 7.69. The van der Waals surface area contributed by atoms with Gasteiger partial charge in [-0.05, 0) is 36.5 Å². The van der Waals surface area contributed by atoms with Gasteiger partial charge in [0.25, 0.3) is 0 Å². The van der Waals surface area contributed by atoms with Gasteiger partial charge in [0.2, 0.25) is 5.91 Å². The van der Waals surface area contributed by atoms with Gasteiger partial charge in [0.05, 0.1) is 6.10 Å². The van der Waals surface area contributed by atoms with Crippen molar-refractivity contribution in [2.45, 2.75) is 58.6 Å². The van der Waals surface area contributed by atoms with E-state index in [0.717, 1.165) is 16.9 Å². The molecule has 6 heteroatoms. The minimum absolute atomic E-state index is 0.0590. The van der Waals surface area contributed by atoms with Gasteiger partial charge in [0.1, 0.15) is 11.8 Å². The van der Waals surface area contributed by atoms with Crippen LogP contribution in [-0.2, 0) is 16.6 Å². The largest absolute Gasteiger partial charge is 0.491 e. The quantitative estimate of drug-likeness (QED) is 0.826. The van der Waals surface area contributed by atoms with Crippen LogP contribution >= 0.6 is 0 Å². The molecule has 2 amide bonds. The molecule has 1 atom stereocenters. The first-order chi connectivity index (χ1) is 11.4. The normalized spacial score (nSPS) is 12.6. The Morgan fingerprint density at radius 1 is 1.24 bits per heavy atom. The summed E-state index contributed by atoms with van der Waals surface area (Å²) in [5, 5.41) is 11.3. The number of nitrogens with zero attached hydrogens (tertiary/aromatic N) is 1. The summed E-state index contributed by atoms with van der Waals surface area (Å²) in [6.07, 6.45) is -0.867. The fraction of sp³-hybridized carbons (Fsp3) is 0.579. The summed E-state index contributed by atoms with van der Waals surface area (Å²) in [6.45, 7) is 10.2. The summed E-state index contributed by atoms with van der Waals surface area (Å²) in [6, 6.07) is 4.95. The average molecular weight is 350 g/mol. The number of likely N-dealkylation sites (N-methyl/N-ethyl adjacent to an activating group) is 1. The van der Waals surface area contributed by atoms with Crippen LogP contribution in [0.2, 0.25) is 0 Å². The van der Waals surface area contributed by atoms with Crippen molar-refractivity contribution < 1.29 is 19.4 Å². The zero-order chi connectivity index (χ0) is 19.4. The minimum Gasteiger partial charge on any atom is -0.491 e. The molecule has 0 radical (unpaired) electrons. The molecule has 0 bridgehead atoms. The molecule has 0 aromatic heterocycles. The standard InChI is InChI=1S/C19H30N2O4/c1-12(2)25-16-9-8-13(10-14(16)19(3,4)5)11-15(20-18(23)24)17(22)21(6)7/h8-10,12,15,20H,11H2,1-7H3,(H,23,24).